The number of esters is 1. The highest BCUT2D eigenvalue weighted by Crippen LogP contribution is 2.12. The van der Waals surface area contributed by atoms with Crippen molar-refractivity contribution in [2.45, 2.75) is 25.8 Å². The van der Waals surface area contributed by atoms with Gasteiger partial charge in [0.25, 0.3) is 0 Å². The first-order valence-corrected chi connectivity index (χ1v) is 6.39. The van der Waals surface area contributed by atoms with Gasteiger partial charge in [-0.25, -0.2) is 4.79 Å². The monoisotopic (exact) mass is 234 g/mol. The van der Waals surface area contributed by atoms with Gasteiger partial charge in [0.2, 0.25) is 6.04 Å². The molecule has 3 heteroatoms. The zero-order valence-corrected chi connectivity index (χ0v) is 10.3. The molecule has 1 atom stereocenters. The van der Waals surface area contributed by atoms with Crippen LogP contribution >= 0.6 is 0 Å². The maximum atomic E-state index is 12.1. The fraction of sp³-hybridized carbons (Fsp3) is 0.500. The Kier molecular flexibility index (Phi) is 4.15. The van der Waals surface area contributed by atoms with Gasteiger partial charge in [0.05, 0.1) is 19.7 Å². The Morgan fingerprint density at radius 3 is 2.53 bits per heavy atom. The van der Waals surface area contributed by atoms with E-state index in [1.165, 1.54) is 17.7 Å². The van der Waals surface area contributed by atoms with Crippen molar-refractivity contribution >= 4 is 5.97 Å². The Morgan fingerprint density at radius 2 is 1.94 bits per heavy atom. The Bertz CT molecular complexity index is 358. The number of carbonyl (C=O) groups excluding carboxylic acids is 1. The van der Waals surface area contributed by atoms with Crippen molar-refractivity contribution in [3.8, 4) is 0 Å². The minimum Gasteiger partial charge on any atom is -0.461 e. The number of likely N-dealkylation sites (tertiary alicyclic amines) is 1. The highest BCUT2D eigenvalue weighted by molar-refractivity contribution is 5.76. The van der Waals surface area contributed by atoms with Gasteiger partial charge in [0, 0.05) is 18.4 Å². The number of hydrogen-bond donors (Lipinski definition) is 1. The summed E-state index contributed by atoms with van der Waals surface area (Å²) in [5.74, 6) is -0.0874. The summed E-state index contributed by atoms with van der Waals surface area (Å²) in [5, 5.41) is 0. The average molecular weight is 234 g/mol. The predicted octanol–water partition coefficient (Wildman–Crippen LogP) is 0.969. The fourth-order valence-electron chi connectivity index (χ4n) is 2.53. The molecule has 3 nitrogen and oxygen atoms in total. The zero-order chi connectivity index (χ0) is 12.1. The fourth-order valence-corrected chi connectivity index (χ4v) is 2.53. The molecule has 0 aliphatic carbocycles. The van der Waals surface area contributed by atoms with Crippen LogP contribution in [-0.4, -0.2) is 25.7 Å². The van der Waals surface area contributed by atoms with E-state index in [1.54, 1.807) is 0 Å². The van der Waals surface area contributed by atoms with E-state index in [0.29, 0.717) is 6.61 Å². The van der Waals surface area contributed by atoms with Gasteiger partial charge in [-0.15, -0.1) is 0 Å². The van der Waals surface area contributed by atoms with Crippen LogP contribution in [0.25, 0.3) is 0 Å². The molecule has 0 amide bonds. The second kappa shape index (κ2) is 5.82. The zero-order valence-electron chi connectivity index (χ0n) is 10.3. The third-order valence-corrected chi connectivity index (χ3v) is 3.31. The van der Waals surface area contributed by atoms with Crippen LogP contribution in [0.2, 0.25) is 0 Å². The summed E-state index contributed by atoms with van der Waals surface area (Å²) >= 11 is 0. The van der Waals surface area contributed by atoms with Crippen molar-refractivity contribution in [1.82, 2.24) is 0 Å². The van der Waals surface area contributed by atoms with Gasteiger partial charge < -0.3 is 9.64 Å². The van der Waals surface area contributed by atoms with Crippen LogP contribution in [0.5, 0.6) is 0 Å². The quantitative estimate of drug-likeness (QED) is 0.787. The molecule has 1 fully saturated rings. The van der Waals surface area contributed by atoms with Gasteiger partial charge in [-0.1, -0.05) is 30.3 Å². The smallest absolute Gasteiger partial charge is 0.369 e. The molecule has 1 aliphatic heterocycles. The van der Waals surface area contributed by atoms with Crippen molar-refractivity contribution in [2.75, 3.05) is 19.7 Å². The third-order valence-electron chi connectivity index (χ3n) is 3.31. The van der Waals surface area contributed by atoms with Crippen LogP contribution in [0.1, 0.15) is 31.4 Å². The summed E-state index contributed by atoms with van der Waals surface area (Å²) < 4.78 is 5.21. The summed E-state index contributed by atoms with van der Waals surface area (Å²) in [6.07, 6.45) is 2.41. The first-order valence-electron chi connectivity index (χ1n) is 6.39. The highest BCUT2D eigenvalue weighted by atomic mass is 16.5. The summed E-state index contributed by atoms with van der Waals surface area (Å²) in [7, 11) is 0. The van der Waals surface area contributed by atoms with Crippen molar-refractivity contribution < 1.29 is 14.4 Å². The topological polar surface area (TPSA) is 30.7 Å². The maximum absolute atomic E-state index is 12.1. The van der Waals surface area contributed by atoms with Gasteiger partial charge in [-0.2, -0.15) is 0 Å². The summed E-state index contributed by atoms with van der Waals surface area (Å²) in [5.41, 5.74) is 1.07. The molecule has 1 aromatic carbocycles. The Hall–Kier alpha value is -1.35. The summed E-state index contributed by atoms with van der Waals surface area (Å²) in [6.45, 7) is 4.45. The molecular formula is C14H20NO2+. The molecule has 1 aromatic rings. The van der Waals surface area contributed by atoms with E-state index in [0.717, 1.165) is 18.7 Å². The second-order valence-corrected chi connectivity index (χ2v) is 4.46. The van der Waals surface area contributed by atoms with Crippen LogP contribution in [0.3, 0.4) is 0 Å². The molecule has 0 radical (unpaired) electrons. The first kappa shape index (κ1) is 12.1. The van der Waals surface area contributed by atoms with Gasteiger partial charge in [-0.3, -0.25) is 0 Å². The summed E-state index contributed by atoms with van der Waals surface area (Å²) in [6, 6.07) is 9.84. The van der Waals surface area contributed by atoms with E-state index in [1.807, 2.05) is 37.3 Å². The van der Waals surface area contributed by atoms with Crippen molar-refractivity contribution in [1.29, 1.82) is 0 Å². The number of ether oxygens (including phenoxy) is 1. The van der Waals surface area contributed by atoms with Crippen LogP contribution in [0.15, 0.2) is 30.3 Å². The molecule has 0 spiro atoms. The van der Waals surface area contributed by atoms with Crippen LogP contribution in [0, 0.1) is 0 Å². The minimum absolute atomic E-state index is 0.0874. The van der Waals surface area contributed by atoms with Gasteiger partial charge in [0.1, 0.15) is 0 Å². The van der Waals surface area contributed by atoms with Crippen molar-refractivity contribution in [3.05, 3.63) is 35.9 Å². The third kappa shape index (κ3) is 2.86. The predicted molar refractivity (Wildman–Crippen MR) is 65.7 cm³/mol. The van der Waals surface area contributed by atoms with E-state index in [4.69, 9.17) is 4.74 Å². The molecule has 1 heterocycles. The molecule has 1 saturated heterocycles. The normalized spacial score (nSPS) is 17.9. The van der Waals surface area contributed by atoms with Crippen LogP contribution in [-0.2, 0) is 9.53 Å². The van der Waals surface area contributed by atoms with Crippen LogP contribution in [0.4, 0.5) is 0 Å². The van der Waals surface area contributed by atoms with Crippen molar-refractivity contribution in [2.24, 2.45) is 0 Å². The molecule has 0 aromatic heterocycles. The van der Waals surface area contributed by atoms with Gasteiger partial charge in [-0.05, 0) is 6.92 Å². The molecule has 2 rings (SSSR count). The standard InChI is InChI=1S/C14H19NO2/c1-2-17-14(16)13(15-10-6-7-11-15)12-8-4-3-5-9-12/h3-5,8-9,13H,2,6-7,10-11H2,1H3/p+1. The van der Waals surface area contributed by atoms with Gasteiger partial charge in [0.15, 0.2) is 0 Å². The Morgan fingerprint density at radius 1 is 1.29 bits per heavy atom. The molecule has 1 aliphatic rings. The molecule has 0 saturated carbocycles. The lowest BCUT2D eigenvalue weighted by atomic mass is 10.1. The lowest BCUT2D eigenvalue weighted by Crippen LogP contribution is -3.11. The lowest BCUT2D eigenvalue weighted by molar-refractivity contribution is -0.910. The highest BCUT2D eigenvalue weighted by Gasteiger charge is 2.34. The van der Waals surface area contributed by atoms with Gasteiger partial charge >= 0.3 is 5.97 Å². The van der Waals surface area contributed by atoms with E-state index >= 15 is 0 Å². The Balaban J connectivity index is 2.20. The second-order valence-electron chi connectivity index (χ2n) is 4.46. The number of quaternary nitrogens is 1. The molecular weight excluding hydrogens is 214 g/mol. The number of hydrogen-bond acceptors (Lipinski definition) is 2. The number of rotatable bonds is 4. The van der Waals surface area contributed by atoms with E-state index in [-0.39, 0.29) is 12.0 Å². The number of nitrogens with one attached hydrogen (secondary N) is 1. The lowest BCUT2D eigenvalue weighted by Gasteiger charge is -2.22. The van der Waals surface area contributed by atoms with E-state index in [2.05, 4.69) is 0 Å². The van der Waals surface area contributed by atoms with E-state index in [9.17, 15) is 4.79 Å². The molecule has 1 N–H and O–H groups in total. The number of carbonyl (C=O) groups is 1. The van der Waals surface area contributed by atoms with Crippen LogP contribution < -0.4 is 4.90 Å². The maximum Gasteiger partial charge on any atom is 0.369 e. The molecule has 1 unspecified atom stereocenters. The Labute approximate surface area is 102 Å². The van der Waals surface area contributed by atoms with Crippen molar-refractivity contribution in [3.63, 3.8) is 0 Å². The SMILES string of the molecule is CCOC(=O)C(c1ccccc1)[NH+]1CCCC1. The number of benzene rings is 1. The molecule has 17 heavy (non-hydrogen) atoms. The largest absolute Gasteiger partial charge is 0.461 e. The average Bonchev–Trinajstić information content (AvgIpc) is 2.85. The van der Waals surface area contributed by atoms with E-state index < -0.39 is 0 Å². The molecule has 92 valence electrons. The summed E-state index contributed by atoms with van der Waals surface area (Å²) in [4.78, 5) is 13.4. The minimum atomic E-state index is -0.140. The molecule has 0 bridgehead atoms. The first-order chi connectivity index (χ1) is 8.33.